The Bertz CT molecular complexity index is 1170. The van der Waals surface area contributed by atoms with Gasteiger partial charge in [0.1, 0.15) is 30.5 Å². The lowest BCUT2D eigenvalue weighted by Crippen LogP contribution is -2.15. The fourth-order valence-corrected chi connectivity index (χ4v) is 2.97. The van der Waals surface area contributed by atoms with Crippen LogP contribution in [0, 0.1) is 0 Å². The van der Waals surface area contributed by atoms with Crippen LogP contribution < -0.4 is 9.47 Å². The maximum atomic E-state index is 11.7. The van der Waals surface area contributed by atoms with Crippen LogP contribution in [0.25, 0.3) is 12.2 Å². The van der Waals surface area contributed by atoms with Crippen LogP contribution in [0.4, 0.5) is 0 Å². The third-order valence-electron chi connectivity index (χ3n) is 4.86. The summed E-state index contributed by atoms with van der Waals surface area (Å²) in [4.78, 5) is 11.7. The van der Waals surface area contributed by atoms with Gasteiger partial charge in [-0.2, -0.15) is 0 Å². The molecule has 0 amide bonds. The predicted molar refractivity (Wildman–Crippen MR) is 139 cm³/mol. The number of rotatable bonds is 11. The van der Waals surface area contributed by atoms with Crippen molar-refractivity contribution in [3.05, 3.63) is 113 Å². The Hall–Kier alpha value is -4.25. The number of carbonyl (C=O) groups is 1. The van der Waals surface area contributed by atoms with Crippen molar-refractivity contribution in [3.8, 4) is 17.2 Å². The van der Waals surface area contributed by atoms with Crippen molar-refractivity contribution in [1.82, 2.24) is 0 Å². The lowest BCUT2D eigenvalue weighted by molar-refractivity contribution is -0.144. The van der Waals surface area contributed by atoms with E-state index >= 15 is 0 Å². The normalized spacial score (nSPS) is 10.9. The zero-order valence-electron chi connectivity index (χ0n) is 20.0. The molecule has 0 aromatic heterocycles. The van der Waals surface area contributed by atoms with Crippen molar-refractivity contribution in [3.63, 3.8) is 0 Å². The Labute approximate surface area is 206 Å². The number of ether oxygens (including phenoxy) is 3. The molecular weight excluding hydrogens is 440 g/mol. The number of carbonyl (C=O) groups excluding carboxylic acids is 1. The summed E-state index contributed by atoms with van der Waals surface area (Å²) in [7, 11) is 0. The molecule has 3 aromatic carbocycles. The van der Waals surface area contributed by atoms with Gasteiger partial charge in [-0.3, -0.25) is 0 Å². The van der Waals surface area contributed by atoms with Gasteiger partial charge in [0.05, 0.1) is 0 Å². The van der Waals surface area contributed by atoms with E-state index in [2.05, 4.69) is 0 Å². The number of phenols is 1. The largest absolute Gasteiger partial charge is 0.508 e. The maximum absolute atomic E-state index is 11.7. The van der Waals surface area contributed by atoms with Crippen LogP contribution in [-0.2, 0) is 16.1 Å². The average Bonchev–Trinajstić information content (AvgIpc) is 2.85. The summed E-state index contributed by atoms with van der Waals surface area (Å²) < 4.78 is 16.4. The summed E-state index contributed by atoms with van der Waals surface area (Å²) in [5, 5.41) is 9.49. The highest BCUT2D eigenvalue weighted by Crippen LogP contribution is 2.18. The minimum Gasteiger partial charge on any atom is -0.508 e. The highest BCUT2D eigenvalue weighted by Gasteiger charge is 2.04. The second kappa shape index (κ2) is 13.5. The molecule has 0 aliphatic heterocycles. The number of benzene rings is 3. The van der Waals surface area contributed by atoms with Crippen LogP contribution in [0.15, 0.2) is 96.6 Å². The molecule has 3 rings (SSSR count). The second-order valence-corrected chi connectivity index (χ2v) is 8.07. The monoisotopic (exact) mass is 470 g/mol. The molecule has 0 radical (unpaired) electrons. The van der Waals surface area contributed by atoms with E-state index in [0.29, 0.717) is 12.4 Å². The summed E-state index contributed by atoms with van der Waals surface area (Å²) in [5.41, 5.74) is 4.08. The van der Waals surface area contributed by atoms with Crippen LogP contribution in [0.1, 0.15) is 30.5 Å². The van der Waals surface area contributed by atoms with E-state index in [1.807, 2.05) is 92.8 Å². The maximum Gasteiger partial charge on any atom is 0.344 e. The highest BCUT2D eigenvalue weighted by atomic mass is 16.6. The van der Waals surface area contributed by atoms with E-state index in [4.69, 9.17) is 14.2 Å². The SMILES string of the molecule is CC(C)=CCOC(=O)COc1ccc(COc2ccc(C=CC=Cc3cccc(O)c3)cc2)cc1. The van der Waals surface area contributed by atoms with Gasteiger partial charge in [-0.05, 0) is 73.0 Å². The summed E-state index contributed by atoms with van der Waals surface area (Å²) in [6, 6.07) is 22.3. The molecule has 0 unspecified atom stereocenters. The van der Waals surface area contributed by atoms with Gasteiger partial charge in [0.15, 0.2) is 6.61 Å². The standard InChI is InChI=1S/C30H30O5/c1-23(2)18-19-33-30(32)22-35-29-16-12-26(13-17-29)21-34-28-14-10-24(11-15-28)6-3-4-7-25-8-5-9-27(31)20-25/h3-18,20,31H,19,21-22H2,1-2H3. The highest BCUT2D eigenvalue weighted by molar-refractivity contribution is 5.71. The summed E-state index contributed by atoms with van der Waals surface area (Å²) in [6.07, 6.45) is 9.66. The molecule has 35 heavy (non-hydrogen) atoms. The number of allylic oxidation sites excluding steroid dienone is 3. The van der Waals surface area contributed by atoms with E-state index in [9.17, 15) is 9.90 Å². The first-order valence-corrected chi connectivity index (χ1v) is 11.4. The Balaban J connectivity index is 1.41. The third kappa shape index (κ3) is 9.64. The number of aromatic hydroxyl groups is 1. The molecule has 0 saturated heterocycles. The van der Waals surface area contributed by atoms with Gasteiger partial charge >= 0.3 is 5.97 Å². The molecule has 180 valence electrons. The Morgan fingerprint density at radius 3 is 2.17 bits per heavy atom. The molecule has 0 fully saturated rings. The molecule has 5 nitrogen and oxygen atoms in total. The molecule has 0 aliphatic carbocycles. The van der Waals surface area contributed by atoms with E-state index in [1.165, 1.54) is 0 Å². The number of esters is 1. The van der Waals surface area contributed by atoms with E-state index < -0.39 is 5.97 Å². The number of phenolic OH excluding ortho intramolecular Hbond substituents is 1. The molecule has 5 heteroatoms. The van der Waals surface area contributed by atoms with Crippen LogP contribution in [0.3, 0.4) is 0 Å². The first-order valence-electron chi connectivity index (χ1n) is 11.4. The van der Waals surface area contributed by atoms with Crippen molar-refractivity contribution in [2.24, 2.45) is 0 Å². The van der Waals surface area contributed by atoms with Gasteiger partial charge < -0.3 is 19.3 Å². The van der Waals surface area contributed by atoms with Crippen molar-refractivity contribution < 1.29 is 24.1 Å². The summed E-state index contributed by atoms with van der Waals surface area (Å²) in [5.74, 6) is 1.23. The first-order chi connectivity index (χ1) is 17.0. The van der Waals surface area contributed by atoms with Crippen LogP contribution in [0.5, 0.6) is 17.2 Å². The lowest BCUT2D eigenvalue weighted by Gasteiger charge is -2.09. The van der Waals surface area contributed by atoms with Crippen molar-refractivity contribution >= 4 is 18.1 Å². The topological polar surface area (TPSA) is 65.0 Å². The minimum atomic E-state index is -0.402. The Morgan fingerprint density at radius 2 is 1.49 bits per heavy atom. The van der Waals surface area contributed by atoms with Crippen LogP contribution in [-0.4, -0.2) is 24.3 Å². The molecule has 0 aliphatic rings. The molecule has 1 N–H and O–H groups in total. The molecule has 0 atom stereocenters. The van der Waals surface area contributed by atoms with Gasteiger partial charge in [-0.25, -0.2) is 4.79 Å². The average molecular weight is 471 g/mol. The third-order valence-corrected chi connectivity index (χ3v) is 4.86. The van der Waals surface area contributed by atoms with Crippen molar-refractivity contribution in [2.45, 2.75) is 20.5 Å². The molecule has 3 aromatic rings. The number of hydrogen-bond acceptors (Lipinski definition) is 5. The predicted octanol–water partition coefficient (Wildman–Crippen LogP) is 6.59. The zero-order valence-corrected chi connectivity index (χ0v) is 20.0. The van der Waals surface area contributed by atoms with Gasteiger partial charge in [-0.15, -0.1) is 0 Å². The molecule has 0 spiro atoms. The number of hydrogen-bond donors (Lipinski definition) is 1. The van der Waals surface area contributed by atoms with E-state index in [1.54, 1.807) is 24.3 Å². The minimum absolute atomic E-state index is 0.126. The van der Waals surface area contributed by atoms with Gasteiger partial charge in [0.25, 0.3) is 0 Å². The fourth-order valence-electron chi connectivity index (χ4n) is 2.97. The fraction of sp³-hybridized carbons (Fsp3) is 0.167. The lowest BCUT2D eigenvalue weighted by atomic mass is 10.1. The summed E-state index contributed by atoms with van der Waals surface area (Å²) >= 11 is 0. The van der Waals surface area contributed by atoms with Crippen LogP contribution >= 0.6 is 0 Å². The Morgan fingerprint density at radius 1 is 0.829 bits per heavy atom. The van der Waals surface area contributed by atoms with Crippen LogP contribution in [0.2, 0.25) is 0 Å². The van der Waals surface area contributed by atoms with Gasteiger partial charge in [-0.1, -0.05) is 66.3 Å². The summed E-state index contributed by atoms with van der Waals surface area (Å²) in [6.45, 7) is 4.45. The second-order valence-electron chi connectivity index (χ2n) is 8.07. The van der Waals surface area contributed by atoms with E-state index in [0.717, 1.165) is 28.0 Å². The zero-order chi connectivity index (χ0) is 24.9. The molecule has 0 bridgehead atoms. The Kier molecular flexibility index (Phi) is 9.75. The molecule has 0 saturated carbocycles. The van der Waals surface area contributed by atoms with Crippen molar-refractivity contribution in [2.75, 3.05) is 13.2 Å². The van der Waals surface area contributed by atoms with Gasteiger partial charge in [0, 0.05) is 0 Å². The van der Waals surface area contributed by atoms with E-state index in [-0.39, 0.29) is 19.0 Å². The van der Waals surface area contributed by atoms with Gasteiger partial charge in [0.2, 0.25) is 0 Å². The quantitative estimate of drug-likeness (QED) is 0.195. The first kappa shape index (κ1) is 25.4. The van der Waals surface area contributed by atoms with Crippen molar-refractivity contribution in [1.29, 1.82) is 0 Å². The molecule has 0 heterocycles. The molecular formula is C30H30O5. The smallest absolute Gasteiger partial charge is 0.344 e.